The van der Waals surface area contributed by atoms with Gasteiger partial charge in [0.15, 0.2) is 0 Å². The summed E-state index contributed by atoms with van der Waals surface area (Å²) in [6, 6.07) is 14.7. The average molecular weight is 308 g/mol. The molecule has 1 saturated carbocycles. The van der Waals surface area contributed by atoms with E-state index in [4.69, 9.17) is 11.5 Å². The number of nitrogen functional groups attached to an aromatic ring is 2. The molecule has 4 nitrogen and oxygen atoms in total. The molecule has 0 bridgehead atoms. The van der Waals surface area contributed by atoms with Crippen molar-refractivity contribution < 1.29 is 0 Å². The first-order valence-electron chi connectivity index (χ1n) is 8.45. The van der Waals surface area contributed by atoms with E-state index in [9.17, 15) is 0 Å². The summed E-state index contributed by atoms with van der Waals surface area (Å²) in [6.07, 6.45) is 2.62. The second kappa shape index (κ2) is 5.69. The number of hydrogen-bond donors (Lipinski definition) is 2. The molecule has 23 heavy (non-hydrogen) atoms. The highest BCUT2D eigenvalue weighted by Gasteiger charge is 2.25. The van der Waals surface area contributed by atoms with Gasteiger partial charge in [0.25, 0.3) is 0 Å². The lowest BCUT2D eigenvalue weighted by atomic mass is 10.1. The van der Waals surface area contributed by atoms with Gasteiger partial charge in [0.05, 0.1) is 11.4 Å². The Hall–Kier alpha value is -2.36. The molecule has 2 fully saturated rings. The lowest BCUT2D eigenvalue weighted by Crippen LogP contribution is -2.46. The molecular formula is C19H24N4. The van der Waals surface area contributed by atoms with Gasteiger partial charge >= 0.3 is 0 Å². The summed E-state index contributed by atoms with van der Waals surface area (Å²) in [7, 11) is 0. The Morgan fingerprint density at radius 1 is 0.826 bits per heavy atom. The number of nitrogens with zero attached hydrogens (tertiary/aromatic N) is 2. The number of rotatable bonds is 3. The van der Waals surface area contributed by atoms with E-state index in [1.165, 1.54) is 24.1 Å². The van der Waals surface area contributed by atoms with Crippen molar-refractivity contribution in [3.05, 3.63) is 48.0 Å². The third kappa shape index (κ3) is 2.93. The zero-order valence-corrected chi connectivity index (χ0v) is 13.4. The molecule has 4 heteroatoms. The first kappa shape index (κ1) is 14.2. The number of benzene rings is 2. The van der Waals surface area contributed by atoms with Crippen molar-refractivity contribution in [2.24, 2.45) is 0 Å². The quantitative estimate of drug-likeness (QED) is 0.856. The van der Waals surface area contributed by atoms with Crippen LogP contribution in [-0.2, 0) is 0 Å². The SMILES string of the molecule is Nc1cc(C2CC2)cc(N2CCN(c3ccccc3N)CC2)c1. The second-order valence-electron chi connectivity index (χ2n) is 6.67. The minimum atomic E-state index is 0.739. The van der Waals surface area contributed by atoms with Crippen molar-refractivity contribution in [3.63, 3.8) is 0 Å². The van der Waals surface area contributed by atoms with Gasteiger partial charge in [-0.2, -0.15) is 0 Å². The fourth-order valence-electron chi connectivity index (χ4n) is 3.47. The van der Waals surface area contributed by atoms with Crippen LogP contribution in [0.3, 0.4) is 0 Å². The normalized spacial score (nSPS) is 18.3. The number of hydrogen-bond acceptors (Lipinski definition) is 4. The van der Waals surface area contributed by atoms with Crippen molar-refractivity contribution in [1.29, 1.82) is 0 Å². The van der Waals surface area contributed by atoms with E-state index in [1.54, 1.807) is 0 Å². The maximum atomic E-state index is 6.12. The van der Waals surface area contributed by atoms with Crippen LogP contribution in [0.1, 0.15) is 24.3 Å². The van der Waals surface area contributed by atoms with E-state index in [2.05, 4.69) is 40.1 Å². The van der Waals surface area contributed by atoms with Gasteiger partial charge < -0.3 is 21.3 Å². The molecule has 1 heterocycles. The lowest BCUT2D eigenvalue weighted by molar-refractivity contribution is 0.654. The molecule has 0 spiro atoms. The Morgan fingerprint density at radius 2 is 1.52 bits per heavy atom. The monoisotopic (exact) mass is 308 g/mol. The highest BCUT2D eigenvalue weighted by atomic mass is 15.3. The van der Waals surface area contributed by atoms with Gasteiger partial charge in [-0.05, 0) is 54.7 Å². The minimum absolute atomic E-state index is 0.739. The molecule has 0 atom stereocenters. The Kier molecular flexibility index (Phi) is 3.52. The topological polar surface area (TPSA) is 58.5 Å². The highest BCUT2D eigenvalue weighted by molar-refractivity contribution is 5.68. The number of nitrogens with two attached hydrogens (primary N) is 2. The van der Waals surface area contributed by atoms with Crippen LogP contribution in [0.15, 0.2) is 42.5 Å². The standard InChI is InChI=1S/C19H24N4/c20-16-11-15(14-5-6-14)12-17(13-16)22-7-9-23(10-8-22)19-4-2-1-3-18(19)21/h1-4,11-14H,5-10,20-21H2. The molecule has 4 N–H and O–H groups in total. The average Bonchev–Trinajstić information content (AvgIpc) is 3.40. The number of piperazine rings is 1. The first-order chi connectivity index (χ1) is 11.2. The van der Waals surface area contributed by atoms with Gasteiger partial charge in [-0.1, -0.05) is 12.1 Å². The molecule has 0 amide bonds. The molecule has 0 radical (unpaired) electrons. The first-order valence-corrected chi connectivity index (χ1v) is 8.45. The molecule has 1 aliphatic carbocycles. The molecule has 2 aromatic carbocycles. The van der Waals surface area contributed by atoms with Gasteiger partial charge in [0.2, 0.25) is 0 Å². The summed E-state index contributed by atoms with van der Waals surface area (Å²) in [5, 5.41) is 0. The summed E-state index contributed by atoms with van der Waals surface area (Å²) >= 11 is 0. The van der Waals surface area contributed by atoms with Crippen LogP contribution in [0.5, 0.6) is 0 Å². The third-order valence-corrected chi connectivity index (χ3v) is 4.93. The summed E-state index contributed by atoms with van der Waals surface area (Å²) in [5.74, 6) is 0.739. The van der Waals surface area contributed by atoms with Gasteiger partial charge in [-0.15, -0.1) is 0 Å². The zero-order valence-electron chi connectivity index (χ0n) is 13.4. The van der Waals surface area contributed by atoms with Crippen molar-refractivity contribution in [2.75, 3.05) is 47.4 Å². The smallest absolute Gasteiger partial charge is 0.0601 e. The van der Waals surface area contributed by atoms with Crippen molar-refractivity contribution in [2.45, 2.75) is 18.8 Å². The fraction of sp³-hybridized carbons (Fsp3) is 0.368. The maximum Gasteiger partial charge on any atom is 0.0601 e. The Balaban J connectivity index is 1.48. The van der Waals surface area contributed by atoms with Gasteiger partial charge in [-0.3, -0.25) is 0 Å². The molecule has 4 rings (SSSR count). The van der Waals surface area contributed by atoms with Crippen LogP contribution in [-0.4, -0.2) is 26.2 Å². The molecule has 1 aliphatic heterocycles. The summed E-state index contributed by atoms with van der Waals surface area (Å²) < 4.78 is 0. The van der Waals surface area contributed by atoms with Gasteiger partial charge in [0, 0.05) is 37.6 Å². The minimum Gasteiger partial charge on any atom is -0.399 e. The van der Waals surface area contributed by atoms with Gasteiger partial charge in [-0.25, -0.2) is 0 Å². The van der Waals surface area contributed by atoms with Crippen LogP contribution in [0.2, 0.25) is 0 Å². The molecule has 1 saturated heterocycles. The summed E-state index contributed by atoms with van der Waals surface area (Å²) in [4.78, 5) is 4.82. The van der Waals surface area contributed by atoms with E-state index >= 15 is 0 Å². The summed E-state index contributed by atoms with van der Waals surface area (Å²) in [5.41, 5.74) is 17.8. The maximum absolute atomic E-state index is 6.12. The summed E-state index contributed by atoms with van der Waals surface area (Å²) in [6.45, 7) is 3.98. The largest absolute Gasteiger partial charge is 0.399 e. The van der Waals surface area contributed by atoms with E-state index in [-0.39, 0.29) is 0 Å². The van der Waals surface area contributed by atoms with Crippen molar-refractivity contribution >= 4 is 22.7 Å². The second-order valence-corrected chi connectivity index (χ2v) is 6.67. The van der Waals surface area contributed by atoms with Crippen LogP contribution < -0.4 is 21.3 Å². The Labute approximate surface area is 137 Å². The number of para-hydroxylation sites is 2. The van der Waals surface area contributed by atoms with Gasteiger partial charge in [0.1, 0.15) is 0 Å². The van der Waals surface area contributed by atoms with Crippen molar-refractivity contribution in [1.82, 2.24) is 0 Å². The van der Waals surface area contributed by atoms with E-state index in [1.807, 2.05) is 12.1 Å². The van der Waals surface area contributed by atoms with Crippen LogP contribution in [0, 0.1) is 0 Å². The molecule has 2 aromatic rings. The number of anilines is 4. The molecule has 0 unspecified atom stereocenters. The molecule has 120 valence electrons. The van der Waals surface area contributed by atoms with Crippen molar-refractivity contribution in [3.8, 4) is 0 Å². The fourth-order valence-corrected chi connectivity index (χ4v) is 3.47. The van der Waals surface area contributed by atoms with Crippen LogP contribution >= 0.6 is 0 Å². The van der Waals surface area contributed by atoms with E-state index in [0.29, 0.717) is 0 Å². The predicted molar refractivity (Wildman–Crippen MR) is 98.1 cm³/mol. The lowest BCUT2D eigenvalue weighted by Gasteiger charge is -2.38. The predicted octanol–water partition coefficient (Wildman–Crippen LogP) is 3.06. The third-order valence-electron chi connectivity index (χ3n) is 4.93. The highest BCUT2D eigenvalue weighted by Crippen LogP contribution is 2.42. The zero-order chi connectivity index (χ0) is 15.8. The molecule has 2 aliphatic rings. The van der Waals surface area contributed by atoms with E-state index < -0.39 is 0 Å². The Morgan fingerprint density at radius 3 is 2.22 bits per heavy atom. The Bertz CT molecular complexity index is 700. The molecule has 0 aromatic heterocycles. The van der Waals surface area contributed by atoms with Crippen LogP contribution in [0.25, 0.3) is 0 Å². The van der Waals surface area contributed by atoms with E-state index in [0.717, 1.165) is 49.2 Å². The van der Waals surface area contributed by atoms with Crippen LogP contribution in [0.4, 0.5) is 22.7 Å². The molecular weight excluding hydrogens is 284 g/mol.